The second-order valence-electron chi connectivity index (χ2n) is 4.41. The molecule has 4 N–H and O–H groups in total. The van der Waals surface area contributed by atoms with Gasteiger partial charge in [0.15, 0.2) is 5.78 Å². The van der Waals surface area contributed by atoms with Gasteiger partial charge in [-0.05, 0) is 18.6 Å². The molecule has 1 unspecified atom stereocenters. The zero-order valence-corrected chi connectivity index (χ0v) is 9.47. The smallest absolute Gasteiger partial charge is 0.180 e. The Labute approximate surface area is 99.5 Å². The maximum Gasteiger partial charge on any atom is 0.180 e. The molecule has 1 aliphatic heterocycles. The fraction of sp³-hybridized carbons (Fsp3) is 0.417. The van der Waals surface area contributed by atoms with Crippen molar-refractivity contribution in [2.24, 2.45) is 5.73 Å². The fourth-order valence-electron chi connectivity index (χ4n) is 2.05. The summed E-state index contributed by atoms with van der Waals surface area (Å²) in [4.78, 5) is 13.9. The Kier molecular flexibility index (Phi) is 3.31. The Morgan fingerprint density at radius 3 is 2.82 bits per heavy atom. The number of phenolic OH excluding ortho intramolecular Hbond substituents is 2. The first-order chi connectivity index (χ1) is 8.06. The number of benzene rings is 1. The van der Waals surface area contributed by atoms with E-state index in [4.69, 9.17) is 10.8 Å². The van der Waals surface area contributed by atoms with E-state index in [1.54, 1.807) is 0 Å². The number of carbonyl (C=O) groups excluding carboxylic acids is 1. The van der Waals surface area contributed by atoms with E-state index in [0.29, 0.717) is 6.54 Å². The maximum absolute atomic E-state index is 11.9. The van der Waals surface area contributed by atoms with Crippen LogP contribution in [0.2, 0.25) is 0 Å². The molecule has 1 saturated heterocycles. The zero-order chi connectivity index (χ0) is 12.4. The summed E-state index contributed by atoms with van der Waals surface area (Å²) in [6.45, 7) is 1.78. The van der Waals surface area contributed by atoms with E-state index in [1.807, 2.05) is 4.90 Å². The first kappa shape index (κ1) is 11.9. The van der Waals surface area contributed by atoms with Crippen molar-refractivity contribution in [3.8, 4) is 11.5 Å². The molecule has 0 radical (unpaired) electrons. The average Bonchev–Trinajstić information content (AvgIpc) is 2.63. The summed E-state index contributed by atoms with van der Waals surface area (Å²) in [5.74, 6) is -0.391. The lowest BCUT2D eigenvalue weighted by atomic mass is 10.1. The summed E-state index contributed by atoms with van der Waals surface area (Å²) >= 11 is 0. The van der Waals surface area contributed by atoms with Gasteiger partial charge < -0.3 is 15.9 Å². The number of nitrogens with two attached hydrogens (primary N) is 1. The van der Waals surface area contributed by atoms with Gasteiger partial charge in [0.05, 0.1) is 12.1 Å². The SMILES string of the molecule is NC1CCN(CC(=O)c2ccc(O)cc2O)C1. The summed E-state index contributed by atoms with van der Waals surface area (Å²) in [7, 11) is 0. The van der Waals surface area contributed by atoms with Crippen LogP contribution in [0.4, 0.5) is 0 Å². The van der Waals surface area contributed by atoms with E-state index in [2.05, 4.69) is 0 Å². The van der Waals surface area contributed by atoms with Crippen molar-refractivity contribution < 1.29 is 15.0 Å². The van der Waals surface area contributed by atoms with E-state index >= 15 is 0 Å². The van der Waals surface area contributed by atoms with Crippen molar-refractivity contribution >= 4 is 5.78 Å². The van der Waals surface area contributed by atoms with Crippen molar-refractivity contribution in [3.05, 3.63) is 23.8 Å². The standard InChI is InChI=1S/C12H16N2O3/c13-8-3-4-14(6-8)7-12(17)10-2-1-9(15)5-11(10)16/h1-2,5,8,15-16H,3-4,6-7,13H2. The fourth-order valence-corrected chi connectivity index (χ4v) is 2.05. The lowest BCUT2D eigenvalue weighted by molar-refractivity contribution is 0.0942. The van der Waals surface area contributed by atoms with Crippen molar-refractivity contribution in [1.29, 1.82) is 0 Å². The van der Waals surface area contributed by atoms with E-state index in [9.17, 15) is 9.90 Å². The summed E-state index contributed by atoms with van der Waals surface area (Å²) < 4.78 is 0. The molecule has 2 rings (SSSR count). The van der Waals surface area contributed by atoms with E-state index < -0.39 is 0 Å². The maximum atomic E-state index is 11.9. The molecule has 17 heavy (non-hydrogen) atoms. The molecular weight excluding hydrogens is 220 g/mol. The molecule has 1 aromatic carbocycles. The number of phenols is 2. The van der Waals surface area contributed by atoms with Gasteiger partial charge in [-0.2, -0.15) is 0 Å². The molecular formula is C12H16N2O3. The highest BCUT2D eigenvalue weighted by Crippen LogP contribution is 2.23. The van der Waals surface area contributed by atoms with Gasteiger partial charge in [0.25, 0.3) is 0 Å². The monoisotopic (exact) mass is 236 g/mol. The van der Waals surface area contributed by atoms with Crippen LogP contribution >= 0.6 is 0 Å². The highest BCUT2D eigenvalue weighted by Gasteiger charge is 2.22. The third-order valence-corrected chi connectivity index (χ3v) is 2.96. The van der Waals surface area contributed by atoms with Crippen LogP contribution in [-0.4, -0.2) is 46.6 Å². The molecule has 0 bridgehead atoms. The van der Waals surface area contributed by atoms with Gasteiger partial charge in [-0.3, -0.25) is 9.69 Å². The highest BCUT2D eigenvalue weighted by molar-refractivity contribution is 6.00. The molecule has 0 aromatic heterocycles. The Morgan fingerprint density at radius 1 is 1.47 bits per heavy atom. The van der Waals surface area contributed by atoms with E-state index in [0.717, 1.165) is 13.0 Å². The first-order valence-corrected chi connectivity index (χ1v) is 5.59. The largest absolute Gasteiger partial charge is 0.508 e. The second kappa shape index (κ2) is 4.73. The number of rotatable bonds is 3. The minimum atomic E-state index is -0.182. The van der Waals surface area contributed by atoms with Gasteiger partial charge >= 0.3 is 0 Å². The van der Waals surface area contributed by atoms with Crippen LogP contribution in [0.3, 0.4) is 0 Å². The molecule has 0 amide bonds. The van der Waals surface area contributed by atoms with Gasteiger partial charge in [0.1, 0.15) is 11.5 Å². The van der Waals surface area contributed by atoms with Gasteiger partial charge in [0, 0.05) is 25.2 Å². The summed E-state index contributed by atoms with van der Waals surface area (Å²) in [5.41, 5.74) is 5.99. The van der Waals surface area contributed by atoms with Gasteiger partial charge in [-0.1, -0.05) is 0 Å². The quantitative estimate of drug-likeness (QED) is 0.658. The highest BCUT2D eigenvalue weighted by atomic mass is 16.3. The van der Waals surface area contributed by atoms with Crippen LogP contribution in [0.1, 0.15) is 16.8 Å². The molecule has 1 heterocycles. The molecule has 5 nitrogen and oxygen atoms in total. The van der Waals surface area contributed by atoms with E-state index in [1.165, 1.54) is 18.2 Å². The number of hydrogen-bond donors (Lipinski definition) is 3. The normalized spacial score (nSPS) is 20.6. The van der Waals surface area contributed by atoms with Crippen molar-refractivity contribution in [3.63, 3.8) is 0 Å². The van der Waals surface area contributed by atoms with Gasteiger partial charge in [-0.25, -0.2) is 0 Å². The minimum absolute atomic E-state index is 0.0535. The van der Waals surface area contributed by atoms with E-state index in [-0.39, 0.29) is 35.4 Å². The molecule has 1 atom stereocenters. The lowest BCUT2D eigenvalue weighted by Gasteiger charge is -2.14. The number of ketones is 1. The van der Waals surface area contributed by atoms with Crippen LogP contribution in [0.5, 0.6) is 11.5 Å². The first-order valence-electron chi connectivity index (χ1n) is 5.59. The number of Topliss-reactive ketones (excluding diaryl/α,β-unsaturated/α-hetero) is 1. The number of aromatic hydroxyl groups is 2. The number of carbonyl (C=O) groups is 1. The predicted octanol–water partition coefficient (Wildman–Crippen LogP) is 0.313. The zero-order valence-electron chi connectivity index (χ0n) is 9.47. The minimum Gasteiger partial charge on any atom is -0.508 e. The molecule has 1 fully saturated rings. The van der Waals surface area contributed by atoms with Crippen LogP contribution < -0.4 is 5.73 Å². The Morgan fingerprint density at radius 2 is 2.24 bits per heavy atom. The van der Waals surface area contributed by atoms with Crippen molar-refractivity contribution in [2.45, 2.75) is 12.5 Å². The summed E-state index contributed by atoms with van der Waals surface area (Å²) in [5, 5.41) is 18.7. The molecule has 1 aromatic rings. The number of nitrogens with zero attached hydrogens (tertiary/aromatic N) is 1. The molecule has 92 valence electrons. The van der Waals surface area contributed by atoms with Crippen molar-refractivity contribution in [2.75, 3.05) is 19.6 Å². The van der Waals surface area contributed by atoms with Gasteiger partial charge in [-0.15, -0.1) is 0 Å². The predicted molar refractivity (Wildman–Crippen MR) is 63.1 cm³/mol. The second-order valence-corrected chi connectivity index (χ2v) is 4.41. The Balaban J connectivity index is 2.04. The summed E-state index contributed by atoms with van der Waals surface area (Å²) in [6.07, 6.45) is 0.898. The van der Waals surface area contributed by atoms with Crippen molar-refractivity contribution in [1.82, 2.24) is 4.90 Å². The third-order valence-electron chi connectivity index (χ3n) is 2.96. The molecule has 0 aliphatic carbocycles. The molecule has 1 aliphatic rings. The molecule has 5 heteroatoms. The van der Waals surface area contributed by atoms with Crippen LogP contribution in [0, 0.1) is 0 Å². The molecule has 0 spiro atoms. The number of likely N-dealkylation sites (tertiary alicyclic amines) is 1. The molecule has 0 saturated carbocycles. The topological polar surface area (TPSA) is 86.8 Å². The van der Waals surface area contributed by atoms with Gasteiger partial charge in [0.2, 0.25) is 0 Å². The van der Waals surface area contributed by atoms with Crippen LogP contribution in [-0.2, 0) is 0 Å². The average molecular weight is 236 g/mol. The Hall–Kier alpha value is -1.59. The van der Waals surface area contributed by atoms with Crippen LogP contribution in [0.15, 0.2) is 18.2 Å². The Bertz CT molecular complexity index is 434. The summed E-state index contributed by atoms with van der Waals surface area (Å²) in [6, 6.07) is 4.13. The number of hydrogen-bond acceptors (Lipinski definition) is 5. The third kappa shape index (κ3) is 2.75. The lowest BCUT2D eigenvalue weighted by Crippen LogP contribution is -2.31. The van der Waals surface area contributed by atoms with Crippen LogP contribution in [0.25, 0.3) is 0 Å².